The van der Waals surface area contributed by atoms with E-state index in [2.05, 4.69) is 24.5 Å². The highest BCUT2D eigenvalue weighted by Crippen LogP contribution is 2.17. The number of urea groups is 1. The lowest BCUT2D eigenvalue weighted by Crippen LogP contribution is -2.58. The summed E-state index contributed by atoms with van der Waals surface area (Å²) in [7, 11) is 0. The standard InChI is InChI=1S/C15H22FN3O/c1-3-11-10-19(12(4-2)9-17-11)15(20)18-14-8-6-5-7-13(14)16/h5-8,11-12,17H,3-4,9-10H2,1-2H3,(H,18,20). The van der Waals surface area contributed by atoms with Gasteiger partial charge in [0.05, 0.1) is 5.69 Å². The molecule has 20 heavy (non-hydrogen) atoms. The van der Waals surface area contributed by atoms with Crippen molar-refractivity contribution < 1.29 is 9.18 Å². The van der Waals surface area contributed by atoms with E-state index >= 15 is 0 Å². The molecule has 4 nitrogen and oxygen atoms in total. The van der Waals surface area contributed by atoms with Crippen LogP contribution in [0.1, 0.15) is 26.7 Å². The van der Waals surface area contributed by atoms with Gasteiger partial charge in [0.15, 0.2) is 0 Å². The van der Waals surface area contributed by atoms with Crippen molar-refractivity contribution in [3.63, 3.8) is 0 Å². The summed E-state index contributed by atoms with van der Waals surface area (Å²) in [5.41, 5.74) is 0.235. The van der Waals surface area contributed by atoms with Crippen molar-refractivity contribution in [1.82, 2.24) is 10.2 Å². The van der Waals surface area contributed by atoms with Crippen LogP contribution in [0.15, 0.2) is 24.3 Å². The Morgan fingerprint density at radius 3 is 2.80 bits per heavy atom. The molecule has 1 fully saturated rings. The molecule has 0 aliphatic carbocycles. The molecule has 2 unspecified atom stereocenters. The monoisotopic (exact) mass is 279 g/mol. The summed E-state index contributed by atoms with van der Waals surface area (Å²) in [4.78, 5) is 14.2. The van der Waals surface area contributed by atoms with E-state index in [1.165, 1.54) is 6.07 Å². The van der Waals surface area contributed by atoms with Crippen molar-refractivity contribution in [2.75, 3.05) is 18.4 Å². The van der Waals surface area contributed by atoms with E-state index in [1.54, 1.807) is 18.2 Å². The van der Waals surface area contributed by atoms with E-state index in [-0.39, 0.29) is 17.8 Å². The summed E-state index contributed by atoms with van der Waals surface area (Å²) in [6.45, 7) is 5.61. The summed E-state index contributed by atoms with van der Waals surface area (Å²) in [5, 5.41) is 6.11. The minimum absolute atomic E-state index is 0.157. The van der Waals surface area contributed by atoms with Crippen LogP contribution in [-0.4, -0.2) is 36.1 Å². The molecule has 5 heteroatoms. The van der Waals surface area contributed by atoms with Crippen molar-refractivity contribution in [3.05, 3.63) is 30.1 Å². The topological polar surface area (TPSA) is 44.4 Å². The number of anilines is 1. The molecule has 0 saturated carbocycles. The van der Waals surface area contributed by atoms with Crippen molar-refractivity contribution in [2.24, 2.45) is 0 Å². The van der Waals surface area contributed by atoms with Crippen molar-refractivity contribution in [3.8, 4) is 0 Å². The van der Waals surface area contributed by atoms with Gasteiger partial charge >= 0.3 is 6.03 Å². The number of nitrogens with one attached hydrogen (secondary N) is 2. The van der Waals surface area contributed by atoms with Gasteiger partial charge in [0.2, 0.25) is 0 Å². The number of carbonyl (C=O) groups is 1. The Labute approximate surface area is 119 Å². The predicted octanol–water partition coefficient (Wildman–Crippen LogP) is 2.82. The van der Waals surface area contributed by atoms with Crippen LogP contribution in [0, 0.1) is 5.82 Å². The van der Waals surface area contributed by atoms with Gasteiger partial charge in [-0.2, -0.15) is 0 Å². The van der Waals surface area contributed by atoms with Gasteiger partial charge in [-0.15, -0.1) is 0 Å². The minimum atomic E-state index is -0.406. The third kappa shape index (κ3) is 3.28. The van der Waals surface area contributed by atoms with E-state index in [0.29, 0.717) is 12.6 Å². The molecule has 0 spiro atoms. The first-order chi connectivity index (χ1) is 9.65. The number of rotatable bonds is 3. The molecule has 1 heterocycles. The Bertz CT molecular complexity index is 466. The average Bonchev–Trinajstić information content (AvgIpc) is 2.48. The van der Waals surface area contributed by atoms with Crippen molar-refractivity contribution in [2.45, 2.75) is 38.8 Å². The molecule has 1 aliphatic rings. The zero-order chi connectivity index (χ0) is 14.5. The summed E-state index contributed by atoms with van der Waals surface area (Å²) >= 11 is 0. The van der Waals surface area contributed by atoms with E-state index in [4.69, 9.17) is 0 Å². The fourth-order valence-corrected chi connectivity index (χ4v) is 2.50. The van der Waals surface area contributed by atoms with Crippen LogP contribution in [0.3, 0.4) is 0 Å². The molecule has 1 saturated heterocycles. The van der Waals surface area contributed by atoms with Gasteiger partial charge in [-0.3, -0.25) is 0 Å². The molecule has 1 aromatic rings. The number of halogens is 1. The van der Waals surface area contributed by atoms with Gasteiger partial charge in [0.1, 0.15) is 5.82 Å². The second-order valence-electron chi connectivity index (χ2n) is 5.14. The fourth-order valence-electron chi connectivity index (χ4n) is 2.50. The largest absolute Gasteiger partial charge is 0.322 e. The number of hydrogen-bond donors (Lipinski definition) is 2. The molecule has 0 aromatic heterocycles. The molecule has 1 aromatic carbocycles. The Kier molecular flexibility index (Phi) is 4.95. The maximum atomic E-state index is 13.6. The Balaban J connectivity index is 2.07. The highest BCUT2D eigenvalue weighted by molar-refractivity contribution is 5.89. The molecule has 2 amide bonds. The van der Waals surface area contributed by atoms with Gasteiger partial charge in [-0.1, -0.05) is 26.0 Å². The number of piperazine rings is 1. The first-order valence-corrected chi connectivity index (χ1v) is 7.21. The van der Waals surface area contributed by atoms with Crippen LogP contribution >= 0.6 is 0 Å². The van der Waals surface area contributed by atoms with Gasteiger partial charge in [0.25, 0.3) is 0 Å². The Morgan fingerprint density at radius 2 is 2.15 bits per heavy atom. The third-order valence-electron chi connectivity index (χ3n) is 3.84. The zero-order valence-electron chi connectivity index (χ0n) is 12.0. The summed E-state index contributed by atoms with van der Waals surface area (Å²) in [6.07, 6.45) is 1.86. The predicted molar refractivity (Wildman–Crippen MR) is 78.3 cm³/mol. The van der Waals surface area contributed by atoms with Crippen molar-refractivity contribution in [1.29, 1.82) is 0 Å². The molecule has 2 N–H and O–H groups in total. The third-order valence-corrected chi connectivity index (χ3v) is 3.84. The first-order valence-electron chi connectivity index (χ1n) is 7.21. The molecule has 0 bridgehead atoms. The second-order valence-corrected chi connectivity index (χ2v) is 5.14. The summed E-state index contributed by atoms with van der Waals surface area (Å²) in [5.74, 6) is -0.406. The quantitative estimate of drug-likeness (QED) is 0.893. The molecule has 1 aliphatic heterocycles. The zero-order valence-corrected chi connectivity index (χ0v) is 12.0. The van der Waals surface area contributed by atoms with Gasteiger partial charge in [-0.05, 0) is 25.0 Å². The van der Waals surface area contributed by atoms with Crippen molar-refractivity contribution >= 4 is 11.7 Å². The van der Waals surface area contributed by atoms with Crippen LogP contribution < -0.4 is 10.6 Å². The van der Waals surface area contributed by atoms with Crippen LogP contribution in [0.5, 0.6) is 0 Å². The van der Waals surface area contributed by atoms with E-state index in [1.807, 2.05) is 4.90 Å². The van der Waals surface area contributed by atoms with E-state index < -0.39 is 5.82 Å². The molecular weight excluding hydrogens is 257 g/mol. The normalized spacial score (nSPS) is 22.6. The molecule has 110 valence electrons. The number of nitrogens with zero attached hydrogens (tertiary/aromatic N) is 1. The Hall–Kier alpha value is -1.62. The number of amides is 2. The minimum Gasteiger partial charge on any atom is -0.319 e. The number of hydrogen-bond acceptors (Lipinski definition) is 2. The molecular formula is C15H22FN3O. The summed E-state index contributed by atoms with van der Waals surface area (Å²) in [6, 6.07) is 6.49. The lowest BCUT2D eigenvalue weighted by Gasteiger charge is -2.39. The van der Waals surface area contributed by atoms with E-state index in [0.717, 1.165) is 19.4 Å². The number of benzene rings is 1. The number of carbonyl (C=O) groups excluding carboxylic acids is 1. The number of para-hydroxylation sites is 1. The summed E-state index contributed by atoms with van der Waals surface area (Å²) < 4.78 is 13.6. The highest BCUT2D eigenvalue weighted by Gasteiger charge is 2.29. The van der Waals surface area contributed by atoms with Crippen LogP contribution in [0.25, 0.3) is 0 Å². The van der Waals surface area contributed by atoms with Gasteiger partial charge in [-0.25, -0.2) is 9.18 Å². The molecule has 0 radical (unpaired) electrons. The second kappa shape index (κ2) is 6.70. The average molecular weight is 279 g/mol. The lowest BCUT2D eigenvalue weighted by molar-refractivity contribution is 0.147. The van der Waals surface area contributed by atoms with Crippen LogP contribution in [0.4, 0.5) is 14.9 Å². The van der Waals surface area contributed by atoms with E-state index in [9.17, 15) is 9.18 Å². The van der Waals surface area contributed by atoms with Gasteiger partial charge in [0, 0.05) is 25.2 Å². The highest BCUT2D eigenvalue weighted by atomic mass is 19.1. The Morgan fingerprint density at radius 1 is 1.40 bits per heavy atom. The SMILES string of the molecule is CCC1CN(C(=O)Nc2ccccc2F)C(CC)CN1. The smallest absolute Gasteiger partial charge is 0.319 e. The lowest BCUT2D eigenvalue weighted by atomic mass is 10.1. The maximum absolute atomic E-state index is 13.6. The maximum Gasteiger partial charge on any atom is 0.322 e. The molecule has 2 rings (SSSR count). The van der Waals surface area contributed by atoms with Crippen LogP contribution in [-0.2, 0) is 0 Å². The van der Waals surface area contributed by atoms with Crippen LogP contribution in [0.2, 0.25) is 0 Å². The molecule has 2 atom stereocenters. The first kappa shape index (κ1) is 14.8. The fraction of sp³-hybridized carbons (Fsp3) is 0.533. The van der Waals surface area contributed by atoms with Gasteiger partial charge < -0.3 is 15.5 Å².